The molecular weight excluding hydrogens is 242 g/mol. The van der Waals surface area contributed by atoms with Crippen molar-refractivity contribution in [2.75, 3.05) is 19.6 Å². The highest BCUT2D eigenvalue weighted by Gasteiger charge is 2.37. The topological polar surface area (TPSA) is 28.2 Å². The van der Waals surface area contributed by atoms with Gasteiger partial charge in [0.05, 0.1) is 6.04 Å². The van der Waals surface area contributed by atoms with Gasteiger partial charge in [-0.2, -0.15) is 0 Å². The van der Waals surface area contributed by atoms with E-state index < -0.39 is 0 Å². The van der Waals surface area contributed by atoms with Crippen LogP contribution in [0.2, 0.25) is 0 Å². The zero-order chi connectivity index (χ0) is 12.4. The molecule has 1 unspecified atom stereocenters. The molecular formula is C14H23N3S. The zero-order valence-electron chi connectivity index (χ0n) is 11.2. The molecule has 2 aliphatic rings. The first-order valence-corrected chi connectivity index (χ1v) is 8.06. The highest BCUT2D eigenvalue weighted by Crippen LogP contribution is 2.34. The van der Waals surface area contributed by atoms with Crippen LogP contribution in [-0.4, -0.2) is 35.1 Å². The number of nitrogens with one attached hydrogen (secondary N) is 1. The van der Waals surface area contributed by atoms with Gasteiger partial charge in [-0.1, -0.05) is 12.8 Å². The Morgan fingerprint density at radius 2 is 2.22 bits per heavy atom. The van der Waals surface area contributed by atoms with Crippen LogP contribution in [-0.2, 0) is 0 Å². The van der Waals surface area contributed by atoms with Crippen molar-refractivity contribution < 1.29 is 0 Å². The van der Waals surface area contributed by atoms with E-state index in [4.69, 9.17) is 0 Å². The Morgan fingerprint density at radius 3 is 2.94 bits per heavy atom. The molecule has 1 atom stereocenters. The number of hydrogen-bond donors (Lipinski definition) is 1. The van der Waals surface area contributed by atoms with Crippen LogP contribution >= 0.6 is 11.3 Å². The van der Waals surface area contributed by atoms with E-state index in [1.807, 2.05) is 6.20 Å². The summed E-state index contributed by atoms with van der Waals surface area (Å²) in [4.78, 5) is 7.14. The fourth-order valence-electron chi connectivity index (χ4n) is 3.47. The summed E-state index contributed by atoms with van der Waals surface area (Å²) in [5.41, 5.74) is 0.405. The van der Waals surface area contributed by atoms with Gasteiger partial charge in [-0.3, -0.25) is 4.90 Å². The van der Waals surface area contributed by atoms with Crippen LogP contribution in [0.15, 0.2) is 11.6 Å². The summed E-state index contributed by atoms with van der Waals surface area (Å²) in [5, 5.41) is 7.19. The Balaban J connectivity index is 1.74. The van der Waals surface area contributed by atoms with Crippen molar-refractivity contribution in [2.45, 2.75) is 50.6 Å². The van der Waals surface area contributed by atoms with Gasteiger partial charge in [0.15, 0.2) is 0 Å². The van der Waals surface area contributed by atoms with Gasteiger partial charge in [-0.25, -0.2) is 4.98 Å². The average Bonchev–Trinajstić information content (AvgIpc) is 2.99. The summed E-state index contributed by atoms with van der Waals surface area (Å²) in [6.07, 6.45) is 8.69. The molecule has 2 fully saturated rings. The Bertz CT molecular complexity index is 370. The Kier molecular flexibility index (Phi) is 3.68. The van der Waals surface area contributed by atoms with Gasteiger partial charge in [0.25, 0.3) is 0 Å². The van der Waals surface area contributed by atoms with Gasteiger partial charge in [-0.15, -0.1) is 11.3 Å². The van der Waals surface area contributed by atoms with Crippen molar-refractivity contribution in [3.63, 3.8) is 0 Å². The molecule has 3 rings (SSSR count). The van der Waals surface area contributed by atoms with Crippen molar-refractivity contribution in [1.29, 1.82) is 0 Å². The van der Waals surface area contributed by atoms with Crippen LogP contribution in [0.1, 0.15) is 50.1 Å². The lowest BCUT2D eigenvalue weighted by molar-refractivity contribution is 0.165. The van der Waals surface area contributed by atoms with E-state index in [1.54, 1.807) is 11.3 Å². The summed E-state index contributed by atoms with van der Waals surface area (Å²) in [7, 11) is 0. The van der Waals surface area contributed by atoms with Crippen molar-refractivity contribution >= 4 is 11.3 Å². The second kappa shape index (κ2) is 5.27. The summed E-state index contributed by atoms with van der Waals surface area (Å²) in [6.45, 7) is 5.90. The largest absolute Gasteiger partial charge is 0.310 e. The highest BCUT2D eigenvalue weighted by molar-refractivity contribution is 7.09. The van der Waals surface area contributed by atoms with Gasteiger partial charge in [0, 0.05) is 30.2 Å². The van der Waals surface area contributed by atoms with Crippen molar-refractivity contribution in [1.82, 2.24) is 15.2 Å². The summed E-state index contributed by atoms with van der Waals surface area (Å²) in [6, 6.07) is 0.474. The summed E-state index contributed by atoms with van der Waals surface area (Å²) < 4.78 is 0. The molecule has 1 saturated carbocycles. The molecule has 1 aromatic rings. The zero-order valence-corrected chi connectivity index (χ0v) is 12.0. The average molecular weight is 265 g/mol. The van der Waals surface area contributed by atoms with E-state index in [1.165, 1.54) is 56.7 Å². The van der Waals surface area contributed by atoms with Gasteiger partial charge in [0.2, 0.25) is 0 Å². The summed E-state index contributed by atoms with van der Waals surface area (Å²) in [5.74, 6) is 0. The molecule has 0 bridgehead atoms. The van der Waals surface area contributed by atoms with Crippen molar-refractivity contribution in [3.05, 3.63) is 16.6 Å². The Hall–Kier alpha value is -0.450. The molecule has 0 radical (unpaired) electrons. The molecule has 1 saturated heterocycles. The van der Waals surface area contributed by atoms with Crippen LogP contribution in [0.25, 0.3) is 0 Å². The lowest BCUT2D eigenvalue weighted by Crippen LogP contribution is -2.49. The van der Waals surface area contributed by atoms with E-state index in [2.05, 4.69) is 27.5 Å². The van der Waals surface area contributed by atoms with Crippen LogP contribution in [0.4, 0.5) is 0 Å². The molecule has 1 aliphatic carbocycles. The SMILES string of the molecule is CC(c1nccs1)N1CCCNC2(CCCC2)C1. The van der Waals surface area contributed by atoms with E-state index in [9.17, 15) is 0 Å². The second-order valence-corrected chi connectivity index (χ2v) is 6.71. The molecule has 1 aliphatic heterocycles. The first-order chi connectivity index (χ1) is 8.79. The minimum Gasteiger partial charge on any atom is -0.310 e. The molecule has 1 spiro atoms. The molecule has 3 nitrogen and oxygen atoms in total. The predicted molar refractivity (Wildman–Crippen MR) is 75.9 cm³/mol. The van der Waals surface area contributed by atoms with Gasteiger partial charge < -0.3 is 5.32 Å². The molecule has 0 aromatic carbocycles. The molecule has 4 heteroatoms. The molecule has 1 N–H and O–H groups in total. The van der Waals surface area contributed by atoms with Gasteiger partial charge >= 0.3 is 0 Å². The molecule has 18 heavy (non-hydrogen) atoms. The van der Waals surface area contributed by atoms with Crippen LogP contribution in [0.5, 0.6) is 0 Å². The normalized spacial score (nSPS) is 26.3. The van der Waals surface area contributed by atoms with E-state index in [-0.39, 0.29) is 0 Å². The van der Waals surface area contributed by atoms with Crippen molar-refractivity contribution in [2.24, 2.45) is 0 Å². The number of hydrogen-bond acceptors (Lipinski definition) is 4. The Labute approximate surface area is 114 Å². The van der Waals surface area contributed by atoms with Crippen molar-refractivity contribution in [3.8, 4) is 0 Å². The minimum absolute atomic E-state index is 0.405. The highest BCUT2D eigenvalue weighted by atomic mass is 32.1. The Morgan fingerprint density at radius 1 is 1.39 bits per heavy atom. The van der Waals surface area contributed by atoms with E-state index in [0.717, 1.165) is 0 Å². The number of aromatic nitrogens is 1. The smallest absolute Gasteiger partial charge is 0.109 e. The fraction of sp³-hybridized carbons (Fsp3) is 0.786. The van der Waals surface area contributed by atoms with Crippen LogP contribution in [0, 0.1) is 0 Å². The number of rotatable bonds is 2. The van der Waals surface area contributed by atoms with Gasteiger partial charge in [-0.05, 0) is 32.7 Å². The van der Waals surface area contributed by atoms with Gasteiger partial charge in [0.1, 0.15) is 5.01 Å². The maximum atomic E-state index is 4.49. The fourth-order valence-corrected chi connectivity index (χ4v) is 4.20. The molecule has 0 amide bonds. The molecule has 1 aromatic heterocycles. The lowest BCUT2D eigenvalue weighted by atomic mass is 9.96. The van der Waals surface area contributed by atoms with E-state index in [0.29, 0.717) is 11.6 Å². The third kappa shape index (κ3) is 2.46. The van der Waals surface area contributed by atoms with E-state index >= 15 is 0 Å². The molecule has 100 valence electrons. The quantitative estimate of drug-likeness (QED) is 0.891. The third-order valence-electron chi connectivity index (χ3n) is 4.55. The minimum atomic E-state index is 0.405. The second-order valence-electron chi connectivity index (χ2n) is 5.78. The predicted octanol–water partition coefficient (Wildman–Crippen LogP) is 2.81. The first-order valence-electron chi connectivity index (χ1n) is 7.18. The molecule has 2 heterocycles. The number of thiazole rings is 1. The number of nitrogens with zero attached hydrogens (tertiary/aromatic N) is 2. The maximum Gasteiger partial charge on any atom is 0.109 e. The lowest BCUT2D eigenvalue weighted by Gasteiger charge is -2.35. The monoisotopic (exact) mass is 265 g/mol. The first kappa shape index (κ1) is 12.6. The van der Waals surface area contributed by atoms with Crippen LogP contribution in [0.3, 0.4) is 0 Å². The maximum absolute atomic E-state index is 4.49. The third-order valence-corrected chi connectivity index (χ3v) is 5.49. The standard InChI is InChI=1S/C14H23N3S/c1-12(13-15-8-10-18-13)17-9-4-7-16-14(11-17)5-2-3-6-14/h8,10,12,16H,2-7,9,11H2,1H3. The summed E-state index contributed by atoms with van der Waals surface area (Å²) >= 11 is 1.79. The van der Waals surface area contributed by atoms with Crippen LogP contribution < -0.4 is 5.32 Å².